The molecule has 0 heterocycles. The second-order valence-electron chi connectivity index (χ2n) is 5.40. The molecule has 1 aliphatic carbocycles. The van der Waals surface area contributed by atoms with Gasteiger partial charge in [0, 0.05) is 19.6 Å². The highest BCUT2D eigenvalue weighted by molar-refractivity contribution is 5.75. The van der Waals surface area contributed by atoms with Crippen molar-refractivity contribution in [1.29, 1.82) is 0 Å². The van der Waals surface area contributed by atoms with Gasteiger partial charge in [-0.25, -0.2) is 4.79 Å². The van der Waals surface area contributed by atoms with Gasteiger partial charge in [-0.15, -0.1) is 0 Å². The second kappa shape index (κ2) is 6.24. The van der Waals surface area contributed by atoms with E-state index < -0.39 is 0 Å². The van der Waals surface area contributed by atoms with E-state index in [2.05, 4.69) is 12.2 Å². The Kier molecular flexibility index (Phi) is 5.25. The van der Waals surface area contributed by atoms with Crippen molar-refractivity contribution in [2.45, 2.75) is 64.0 Å². The summed E-state index contributed by atoms with van der Waals surface area (Å²) in [6, 6.07) is 0.379. The summed E-state index contributed by atoms with van der Waals surface area (Å²) >= 11 is 0. The van der Waals surface area contributed by atoms with Gasteiger partial charge in [0.2, 0.25) is 0 Å². The number of carbonyl (C=O) groups is 1. The van der Waals surface area contributed by atoms with Gasteiger partial charge in [0.05, 0.1) is 5.54 Å². The highest BCUT2D eigenvalue weighted by Crippen LogP contribution is 2.20. The molecule has 0 aromatic heterocycles. The molecule has 2 amide bonds. The molecule has 0 aromatic carbocycles. The van der Waals surface area contributed by atoms with Gasteiger partial charge in [-0.1, -0.05) is 26.2 Å². The number of nitrogens with one attached hydrogen (secondary N) is 1. The average molecular weight is 241 g/mol. The summed E-state index contributed by atoms with van der Waals surface area (Å²) in [5.41, 5.74) is 5.53. The summed E-state index contributed by atoms with van der Waals surface area (Å²) in [5.74, 6) is 0. The minimum Gasteiger partial charge on any atom is -0.335 e. The molecule has 0 spiro atoms. The van der Waals surface area contributed by atoms with Crippen LogP contribution < -0.4 is 11.1 Å². The van der Waals surface area contributed by atoms with Crippen molar-refractivity contribution < 1.29 is 4.79 Å². The van der Waals surface area contributed by atoms with Gasteiger partial charge in [0.15, 0.2) is 0 Å². The number of rotatable bonds is 4. The predicted octanol–water partition coefficient (Wildman–Crippen LogP) is 2.09. The Morgan fingerprint density at radius 3 is 2.47 bits per heavy atom. The molecular formula is C13H27N3O. The molecule has 0 aliphatic heterocycles. The van der Waals surface area contributed by atoms with Gasteiger partial charge in [-0.2, -0.15) is 0 Å². The molecule has 1 fully saturated rings. The summed E-state index contributed by atoms with van der Waals surface area (Å²) in [7, 11) is 1.84. The maximum Gasteiger partial charge on any atom is 0.317 e. The molecule has 0 radical (unpaired) electrons. The Morgan fingerprint density at radius 2 is 2.00 bits per heavy atom. The maximum absolute atomic E-state index is 12.1. The largest absolute Gasteiger partial charge is 0.335 e. The van der Waals surface area contributed by atoms with Crippen molar-refractivity contribution in [2.24, 2.45) is 5.73 Å². The van der Waals surface area contributed by atoms with Gasteiger partial charge in [0.25, 0.3) is 0 Å². The molecule has 4 heteroatoms. The molecule has 1 unspecified atom stereocenters. The van der Waals surface area contributed by atoms with E-state index in [0.717, 1.165) is 19.3 Å². The number of nitrogens with zero attached hydrogens (tertiary/aromatic N) is 1. The number of nitrogens with two attached hydrogens (primary N) is 1. The van der Waals surface area contributed by atoms with Crippen molar-refractivity contribution in [3.05, 3.63) is 0 Å². The van der Waals surface area contributed by atoms with E-state index in [0.29, 0.717) is 12.6 Å². The van der Waals surface area contributed by atoms with Crippen molar-refractivity contribution in [3.8, 4) is 0 Å². The lowest BCUT2D eigenvalue weighted by atomic mass is 9.95. The van der Waals surface area contributed by atoms with E-state index in [9.17, 15) is 4.79 Å². The SMILES string of the molecule is CCC(C)(CN)N(C)C(=O)NC1CCCCC1. The predicted molar refractivity (Wildman–Crippen MR) is 70.9 cm³/mol. The van der Waals surface area contributed by atoms with Crippen LogP contribution in [0.5, 0.6) is 0 Å². The summed E-state index contributed by atoms with van der Waals surface area (Å²) in [6.07, 6.45) is 6.87. The Balaban J connectivity index is 2.50. The molecular weight excluding hydrogens is 214 g/mol. The minimum atomic E-state index is -0.237. The molecule has 0 bridgehead atoms. The Hall–Kier alpha value is -0.770. The molecule has 1 saturated carbocycles. The lowest BCUT2D eigenvalue weighted by Crippen LogP contribution is -2.56. The lowest BCUT2D eigenvalue weighted by molar-refractivity contribution is 0.141. The van der Waals surface area contributed by atoms with Gasteiger partial charge < -0.3 is 16.0 Å². The Labute approximate surface area is 105 Å². The van der Waals surface area contributed by atoms with Crippen LogP contribution in [-0.2, 0) is 0 Å². The van der Waals surface area contributed by atoms with Crippen molar-refractivity contribution in [2.75, 3.05) is 13.6 Å². The van der Waals surface area contributed by atoms with E-state index in [1.807, 2.05) is 14.0 Å². The minimum absolute atomic E-state index is 0.0201. The van der Waals surface area contributed by atoms with Crippen molar-refractivity contribution in [1.82, 2.24) is 10.2 Å². The quantitative estimate of drug-likeness (QED) is 0.792. The zero-order valence-electron chi connectivity index (χ0n) is 11.5. The molecule has 100 valence electrons. The molecule has 1 aliphatic rings. The third-order valence-corrected chi connectivity index (χ3v) is 4.25. The Bertz CT molecular complexity index is 245. The molecule has 0 aromatic rings. The molecule has 1 atom stereocenters. The number of hydrogen-bond donors (Lipinski definition) is 2. The number of carbonyl (C=O) groups excluding carboxylic acids is 1. The Morgan fingerprint density at radius 1 is 1.41 bits per heavy atom. The van der Waals surface area contributed by atoms with Crippen molar-refractivity contribution in [3.63, 3.8) is 0 Å². The van der Waals surface area contributed by atoms with Crippen LogP contribution in [0.4, 0.5) is 4.79 Å². The second-order valence-corrected chi connectivity index (χ2v) is 5.40. The topological polar surface area (TPSA) is 58.4 Å². The van der Waals surface area contributed by atoms with Crippen LogP contribution >= 0.6 is 0 Å². The van der Waals surface area contributed by atoms with Crippen LogP contribution in [0.15, 0.2) is 0 Å². The third-order valence-electron chi connectivity index (χ3n) is 4.25. The van der Waals surface area contributed by atoms with E-state index in [1.165, 1.54) is 19.3 Å². The first kappa shape index (κ1) is 14.3. The number of likely N-dealkylation sites (N-methyl/N-ethyl adjacent to an activating group) is 1. The van der Waals surface area contributed by atoms with Crippen LogP contribution in [0, 0.1) is 0 Å². The van der Waals surface area contributed by atoms with E-state index >= 15 is 0 Å². The van der Waals surface area contributed by atoms with Crippen molar-refractivity contribution >= 4 is 6.03 Å². The molecule has 4 nitrogen and oxygen atoms in total. The molecule has 0 saturated heterocycles. The summed E-state index contributed by atoms with van der Waals surface area (Å²) in [4.78, 5) is 13.9. The zero-order chi connectivity index (χ0) is 12.9. The number of amides is 2. The fraction of sp³-hybridized carbons (Fsp3) is 0.923. The van der Waals surface area contributed by atoms with Gasteiger partial charge >= 0.3 is 6.03 Å². The number of urea groups is 1. The monoisotopic (exact) mass is 241 g/mol. The fourth-order valence-electron chi connectivity index (χ4n) is 2.28. The van der Waals surface area contributed by atoms with Gasteiger partial charge in [0.1, 0.15) is 0 Å². The van der Waals surface area contributed by atoms with E-state index in [4.69, 9.17) is 5.73 Å². The normalized spacial score (nSPS) is 20.7. The highest BCUT2D eigenvalue weighted by Gasteiger charge is 2.30. The van der Waals surface area contributed by atoms with E-state index in [-0.39, 0.29) is 11.6 Å². The van der Waals surface area contributed by atoms with Gasteiger partial charge in [-0.3, -0.25) is 0 Å². The summed E-state index contributed by atoms with van der Waals surface area (Å²) < 4.78 is 0. The van der Waals surface area contributed by atoms with Crippen LogP contribution in [-0.4, -0.2) is 36.1 Å². The van der Waals surface area contributed by atoms with Crippen LogP contribution in [0.25, 0.3) is 0 Å². The zero-order valence-corrected chi connectivity index (χ0v) is 11.5. The standard InChI is InChI=1S/C13H27N3O/c1-4-13(2,10-14)16(3)12(17)15-11-8-6-5-7-9-11/h11H,4-10,14H2,1-3H3,(H,15,17). The fourth-order valence-corrected chi connectivity index (χ4v) is 2.28. The highest BCUT2D eigenvalue weighted by atomic mass is 16.2. The lowest BCUT2D eigenvalue weighted by Gasteiger charge is -2.38. The smallest absolute Gasteiger partial charge is 0.317 e. The summed E-state index contributed by atoms with van der Waals surface area (Å²) in [5, 5.41) is 3.12. The first-order chi connectivity index (χ1) is 8.03. The molecule has 17 heavy (non-hydrogen) atoms. The van der Waals surface area contributed by atoms with Crippen LogP contribution in [0.3, 0.4) is 0 Å². The van der Waals surface area contributed by atoms with Gasteiger partial charge in [-0.05, 0) is 26.2 Å². The molecule has 1 rings (SSSR count). The van der Waals surface area contributed by atoms with Crippen LogP contribution in [0.2, 0.25) is 0 Å². The van der Waals surface area contributed by atoms with Crippen LogP contribution in [0.1, 0.15) is 52.4 Å². The third kappa shape index (κ3) is 3.60. The maximum atomic E-state index is 12.1. The average Bonchev–Trinajstić information content (AvgIpc) is 2.38. The first-order valence-corrected chi connectivity index (χ1v) is 6.78. The first-order valence-electron chi connectivity index (χ1n) is 6.78. The summed E-state index contributed by atoms with van der Waals surface area (Å²) in [6.45, 7) is 4.60. The van der Waals surface area contributed by atoms with E-state index in [1.54, 1.807) is 4.90 Å². The number of hydrogen-bond acceptors (Lipinski definition) is 2. The molecule has 3 N–H and O–H groups in total.